The number of carbonyl (C=O) groups excluding carboxylic acids is 2. The first-order chi connectivity index (χ1) is 11.7. The lowest BCUT2D eigenvalue weighted by Crippen LogP contribution is -2.43. The van der Waals surface area contributed by atoms with Crippen molar-refractivity contribution in [1.29, 1.82) is 0 Å². The number of anilines is 2. The van der Waals surface area contributed by atoms with E-state index in [1.807, 2.05) is 30.3 Å². The van der Waals surface area contributed by atoms with Crippen LogP contribution >= 0.6 is 0 Å². The van der Waals surface area contributed by atoms with Gasteiger partial charge in [-0.25, -0.2) is 4.79 Å². The number of para-hydroxylation sites is 1. The van der Waals surface area contributed by atoms with Crippen molar-refractivity contribution in [3.63, 3.8) is 0 Å². The van der Waals surface area contributed by atoms with E-state index in [0.717, 1.165) is 5.69 Å². The second-order valence-electron chi connectivity index (χ2n) is 5.50. The number of urea groups is 1. The Bertz CT molecular complexity index is 733. The average molecular weight is 325 g/mol. The summed E-state index contributed by atoms with van der Waals surface area (Å²) in [6.07, 6.45) is 0.583. The molecule has 2 N–H and O–H groups in total. The third-order valence-electron chi connectivity index (χ3n) is 3.91. The Morgan fingerprint density at radius 2 is 1.96 bits per heavy atom. The van der Waals surface area contributed by atoms with Crippen LogP contribution in [-0.4, -0.2) is 31.6 Å². The van der Waals surface area contributed by atoms with Gasteiger partial charge in [0.2, 0.25) is 5.91 Å². The zero-order chi connectivity index (χ0) is 16.9. The molecule has 6 nitrogen and oxygen atoms in total. The van der Waals surface area contributed by atoms with Gasteiger partial charge in [0.05, 0.1) is 7.11 Å². The quantitative estimate of drug-likeness (QED) is 0.908. The Labute approximate surface area is 140 Å². The summed E-state index contributed by atoms with van der Waals surface area (Å²) in [5, 5.41) is 5.45. The maximum Gasteiger partial charge on any atom is 0.319 e. The van der Waals surface area contributed by atoms with E-state index in [-0.39, 0.29) is 5.91 Å². The van der Waals surface area contributed by atoms with Crippen LogP contribution in [-0.2, 0) is 4.79 Å². The monoisotopic (exact) mass is 325 g/mol. The second kappa shape index (κ2) is 7.04. The van der Waals surface area contributed by atoms with Crippen LogP contribution in [0.4, 0.5) is 16.2 Å². The summed E-state index contributed by atoms with van der Waals surface area (Å²) in [5.74, 6) is 0.557. The molecule has 0 aliphatic carbocycles. The van der Waals surface area contributed by atoms with E-state index in [1.165, 1.54) is 0 Å². The molecule has 1 heterocycles. The predicted octanol–water partition coefficient (Wildman–Crippen LogP) is 2.62. The van der Waals surface area contributed by atoms with Crippen LogP contribution in [0.1, 0.15) is 6.42 Å². The highest BCUT2D eigenvalue weighted by Gasteiger charge is 2.33. The molecule has 2 aromatic rings. The largest absolute Gasteiger partial charge is 0.497 e. The summed E-state index contributed by atoms with van der Waals surface area (Å²) in [7, 11) is 1.56. The number of hydrogen-bond acceptors (Lipinski definition) is 3. The summed E-state index contributed by atoms with van der Waals surface area (Å²) < 4.78 is 5.12. The molecule has 0 bridgehead atoms. The van der Waals surface area contributed by atoms with Gasteiger partial charge in [0.1, 0.15) is 11.8 Å². The fourth-order valence-electron chi connectivity index (χ4n) is 2.70. The molecule has 124 valence electrons. The van der Waals surface area contributed by atoms with E-state index < -0.39 is 12.1 Å². The Balaban J connectivity index is 1.60. The number of hydrogen-bond donors (Lipinski definition) is 2. The molecule has 3 rings (SSSR count). The number of amides is 3. The molecule has 1 aliphatic rings. The number of ether oxygens (including phenoxy) is 1. The summed E-state index contributed by atoms with van der Waals surface area (Å²) >= 11 is 0. The molecule has 0 radical (unpaired) electrons. The fourth-order valence-corrected chi connectivity index (χ4v) is 2.70. The molecule has 0 unspecified atom stereocenters. The van der Waals surface area contributed by atoms with Gasteiger partial charge in [0.15, 0.2) is 0 Å². The van der Waals surface area contributed by atoms with Crippen molar-refractivity contribution in [2.75, 3.05) is 23.9 Å². The molecule has 1 saturated heterocycles. The number of nitrogens with one attached hydrogen (secondary N) is 2. The van der Waals surface area contributed by atoms with Gasteiger partial charge in [-0.15, -0.1) is 0 Å². The minimum atomic E-state index is -0.518. The van der Waals surface area contributed by atoms with Crippen LogP contribution < -0.4 is 20.3 Å². The summed E-state index contributed by atoms with van der Waals surface area (Å²) in [5.41, 5.74) is 1.46. The normalized spacial score (nSPS) is 16.8. The zero-order valence-corrected chi connectivity index (χ0v) is 13.4. The van der Waals surface area contributed by atoms with Crippen molar-refractivity contribution in [1.82, 2.24) is 5.32 Å². The average Bonchev–Trinajstić information content (AvgIpc) is 2.96. The smallest absolute Gasteiger partial charge is 0.319 e. The predicted molar refractivity (Wildman–Crippen MR) is 92.3 cm³/mol. The second-order valence-corrected chi connectivity index (χ2v) is 5.50. The first-order valence-electron chi connectivity index (χ1n) is 7.75. The van der Waals surface area contributed by atoms with Gasteiger partial charge in [-0.1, -0.05) is 24.3 Å². The van der Waals surface area contributed by atoms with Crippen LogP contribution in [0.15, 0.2) is 54.6 Å². The molecule has 6 heteroatoms. The Hall–Kier alpha value is -3.02. The number of benzene rings is 2. The van der Waals surface area contributed by atoms with E-state index in [9.17, 15) is 9.59 Å². The number of methoxy groups -OCH3 is 1. The van der Waals surface area contributed by atoms with E-state index >= 15 is 0 Å². The molecular weight excluding hydrogens is 306 g/mol. The van der Waals surface area contributed by atoms with Crippen LogP contribution in [0, 0.1) is 0 Å². The number of rotatable bonds is 4. The van der Waals surface area contributed by atoms with Gasteiger partial charge in [0, 0.05) is 24.0 Å². The lowest BCUT2D eigenvalue weighted by atomic mass is 10.2. The van der Waals surface area contributed by atoms with Gasteiger partial charge in [-0.05, 0) is 30.7 Å². The molecule has 0 aromatic heterocycles. The first-order valence-corrected chi connectivity index (χ1v) is 7.75. The highest BCUT2D eigenvalue weighted by Crippen LogP contribution is 2.21. The van der Waals surface area contributed by atoms with Crippen molar-refractivity contribution < 1.29 is 14.3 Å². The molecular formula is C18H19N3O3. The van der Waals surface area contributed by atoms with Crippen LogP contribution in [0.25, 0.3) is 0 Å². The van der Waals surface area contributed by atoms with Gasteiger partial charge in [0.25, 0.3) is 0 Å². The van der Waals surface area contributed by atoms with Gasteiger partial charge < -0.3 is 20.3 Å². The Morgan fingerprint density at radius 1 is 1.17 bits per heavy atom. The summed E-state index contributed by atoms with van der Waals surface area (Å²) in [4.78, 5) is 26.3. The number of nitrogens with zero attached hydrogens (tertiary/aromatic N) is 1. The van der Waals surface area contributed by atoms with Crippen molar-refractivity contribution in [3.8, 4) is 5.75 Å². The van der Waals surface area contributed by atoms with Crippen molar-refractivity contribution in [2.24, 2.45) is 0 Å². The molecule has 3 amide bonds. The highest BCUT2D eigenvalue weighted by molar-refractivity contribution is 6.02. The molecule has 24 heavy (non-hydrogen) atoms. The SMILES string of the molecule is COc1cccc(NC(=O)N[C@@H]2CCN(c3ccccc3)C2=O)c1. The van der Waals surface area contributed by atoms with Gasteiger partial charge in [-0.2, -0.15) is 0 Å². The third-order valence-corrected chi connectivity index (χ3v) is 3.91. The standard InChI is InChI=1S/C18H19N3O3/c1-24-15-9-5-6-13(12-15)19-18(23)20-16-10-11-21(17(16)22)14-7-3-2-4-8-14/h2-9,12,16H,10-11H2,1H3,(H2,19,20,23)/t16-/m1/s1. The van der Waals surface area contributed by atoms with Crippen molar-refractivity contribution >= 4 is 23.3 Å². The molecule has 1 atom stereocenters. The first kappa shape index (κ1) is 15.9. The fraction of sp³-hybridized carbons (Fsp3) is 0.222. The van der Waals surface area contributed by atoms with Crippen molar-refractivity contribution in [2.45, 2.75) is 12.5 Å². The van der Waals surface area contributed by atoms with E-state index in [0.29, 0.717) is 24.4 Å². The van der Waals surface area contributed by atoms with Crippen LogP contribution in [0.3, 0.4) is 0 Å². The lowest BCUT2D eigenvalue weighted by Gasteiger charge is -2.17. The van der Waals surface area contributed by atoms with Crippen LogP contribution in [0.5, 0.6) is 5.75 Å². The Morgan fingerprint density at radius 3 is 2.71 bits per heavy atom. The van der Waals surface area contributed by atoms with E-state index in [2.05, 4.69) is 10.6 Å². The lowest BCUT2D eigenvalue weighted by molar-refractivity contribution is -0.118. The topological polar surface area (TPSA) is 70.7 Å². The minimum Gasteiger partial charge on any atom is -0.497 e. The molecule has 2 aromatic carbocycles. The molecule has 0 spiro atoms. The molecule has 1 fully saturated rings. The zero-order valence-electron chi connectivity index (χ0n) is 13.4. The highest BCUT2D eigenvalue weighted by atomic mass is 16.5. The van der Waals surface area contributed by atoms with Crippen LogP contribution in [0.2, 0.25) is 0 Å². The minimum absolute atomic E-state index is 0.0954. The van der Waals surface area contributed by atoms with Gasteiger partial charge >= 0.3 is 6.03 Å². The Kier molecular flexibility index (Phi) is 4.65. The summed E-state index contributed by atoms with van der Waals surface area (Å²) in [6.45, 7) is 0.590. The van der Waals surface area contributed by atoms with Gasteiger partial charge in [-0.3, -0.25) is 4.79 Å². The maximum atomic E-state index is 12.5. The molecule has 0 saturated carbocycles. The number of carbonyl (C=O) groups is 2. The maximum absolute atomic E-state index is 12.5. The van der Waals surface area contributed by atoms with E-state index in [4.69, 9.17) is 4.74 Å². The van der Waals surface area contributed by atoms with E-state index in [1.54, 1.807) is 36.3 Å². The third kappa shape index (κ3) is 3.48. The summed E-state index contributed by atoms with van der Waals surface area (Å²) in [6, 6.07) is 15.6. The molecule has 1 aliphatic heterocycles. The van der Waals surface area contributed by atoms with Crippen molar-refractivity contribution in [3.05, 3.63) is 54.6 Å².